The van der Waals surface area contributed by atoms with Gasteiger partial charge in [-0.05, 0) is 75.1 Å². The second-order valence-electron chi connectivity index (χ2n) is 7.99. The van der Waals surface area contributed by atoms with Crippen LogP contribution in [0.5, 0.6) is 17.2 Å². The first-order valence-electron chi connectivity index (χ1n) is 10.4. The molecule has 0 aromatic heterocycles. The van der Waals surface area contributed by atoms with Crippen molar-refractivity contribution in [1.29, 1.82) is 0 Å². The van der Waals surface area contributed by atoms with Crippen molar-refractivity contribution < 1.29 is 23.9 Å². The van der Waals surface area contributed by atoms with Crippen LogP contribution in [0.25, 0.3) is 0 Å². The van der Waals surface area contributed by atoms with Gasteiger partial charge in [0, 0.05) is 5.02 Å². The molecule has 1 unspecified atom stereocenters. The van der Waals surface area contributed by atoms with Crippen LogP contribution in [0.2, 0.25) is 5.02 Å². The van der Waals surface area contributed by atoms with E-state index < -0.39 is 24.0 Å². The van der Waals surface area contributed by atoms with E-state index in [0.717, 1.165) is 23.5 Å². The minimum Gasteiger partial charge on any atom is -0.494 e. The summed E-state index contributed by atoms with van der Waals surface area (Å²) in [6, 6.07) is 11.3. The van der Waals surface area contributed by atoms with Gasteiger partial charge in [0.1, 0.15) is 23.6 Å². The van der Waals surface area contributed by atoms with Crippen LogP contribution in [-0.4, -0.2) is 41.4 Å². The Kier molecular flexibility index (Phi) is 5.97. The van der Waals surface area contributed by atoms with E-state index in [2.05, 4.69) is 10.6 Å². The van der Waals surface area contributed by atoms with E-state index in [1.807, 2.05) is 6.92 Å². The monoisotopic (exact) mass is 457 g/mol. The zero-order valence-electron chi connectivity index (χ0n) is 17.8. The van der Waals surface area contributed by atoms with Gasteiger partial charge in [0.2, 0.25) is 5.91 Å². The molecule has 2 aromatic carbocycles. The van der Waals surface area contributed by atoms with Gasteiger partial charge in [-0.2, -0.15) is 0 Å². The molecule has 4 amide bonds. The number of benzene rings is 2. The summed E-state index contributed by atoms with van der Waals surface area (Å²) in [7, 11) is 0. The van der Waals surface area contributed by atoms with E-state index in [4.69, 9.17) is 21.1 Å². The molecule has 8 nitrogen and oxygen atoms in total. The predicted octanol–water partition coefficient (Wildman–Crippen LogP) is 4.19. The molecule has 9 heteroatoms. The molecule has 2 fully saturated rings. The van der Waals surface area contributed by atoms with Gasteiger partial charge in [0.25, 0.3) is 5.91 Å². The highest BCUT2D eigenvalue weighted by Crippen LogP contribution is 2.42. The number of anilines is 1. The maximum absolute atomic E-state index is 12.7. The number of urea groups is 1. The van der Waals surface area contributed by atoms with Crippen LogP contribution < -0.4 is 20.1 Å². The van der Waals surface area contributed by atoms with Gasteiger partial charge in [-0.25, -0.2) is 4.79 Å². The first-order chi connectivity index (χ1) is 15.3. The van der Waals surface area contributed by atoms with Gasteiger partial charge in [-0.15, -0.1) is 0 Å². The van der Waals surface area contributed by atoms with Crippen LogP contribution in [0, 0.1) is 5.92 Å². The fourth-order valence-corrected chi connectivity index (χ4v) is 3.89. The Morgan fingerprint density at radius 2 is 1.88 bits per heavy atom. The number of nitrogens with one attached hydrogen (secondary N) is 2. The summed E-state index contributed by atoms with van der Waals surface area (Å²) in [5, 5.41) is 5.82. The first-order valence-corrected chi connectivity index (χ1v) is 10.8. The summed E-state index contributed by atoms with van der Waals surface area (Å²) < 4.78 is 11.3. The molecule has 1 heterocycles. The molecule has 1 atom stereocenters. The van der Waals surface area contributed by atoms with Crippen LogP contribution in [0.4, 0.5) is 10.5 Å². The van der Waals surface area contributed by atoms with Crippen LogP contribution in [-0.2, 0) is 9.59 Å². The number of hydrogen-bond acceptors (Lipinski definition) is 5. The SMILES string of the molecule is CCOc1ccc(Oc2ccc(Cl)cc2NC(=O)CN2C(=O)NC(C)(C3CC3)C2=O)cc1. The number of nitrogens with zero attached hydrogens (tertiary/aromatic N) is 1. The second-order valence-corrected chi connectivity index (χ2v) is 8.43. The summed E-state index contributed by atoms with van der Waals surface area (Å²) >= 11 is 6.10. The van der Waals surface area contributed by atoms with E-state index in [1.54, 1.807) is 49.4 Å². The lowest BCUT2D eigenvalue weighted by molar-refractivity contribution is -0.134. The molecular formula is C23H24ClN3O5. The fraction of sp³-hybridized carbons (Fsp3) is 0.348. The molecule has 1 saturated carbocycles. The molecule has 168 valence electrons. The average Bonchev–Trinajstić information content (AvgIpc) is 3.58. The Morgan fingerprint density at radius 3 is 2.53 bits per heavy atom. The molecule has 0 spiro atoms. The fourth-order valence-electron chi connectivity index (χ4n) is 3.72. The zero-order valence-corrected chi connectivity index (χ0v) is 18.6. The summed E-state index contributed by atoms with van der Waals surface area (Å²) in [5.74, 6) is 0.835. The number of imide groups is 1. The van der Waals surface area contributed by atoms with Gasteiger partial charge in [-0.1, -0.05) is 11.6 Å². The zero-order chi connectivity index (χ0) is 22.9. The van der Waals surface area contributed by atoms with Crippen LogP contribution in [0.3, 0.4) is 0 Å². The minimum absolute atomic E-state index is 0.119. The predicted molar refractivity (Wildman–Crippen MR) is 119 cm³/mol. The highest BCUT2D eigenvalue weighted by atomic mass is 35.5. The van der Waals surface area contributed by atoms with Gasteiger partial charge in [0.05, 0.1) is 12.3 Å². The highest BCUT2D eigenvalue weighted by Gasteiger charge is 2.56. The Bertz CT molecular complexity index is 1050. The highest BCUT2D eigenvalue weighted by molar-refractivity contribution is 6.31. The molecule has 1 aliphatic carbocycles. The van der Waals surface area contributed by atoms with Gasteiger partial charge < -0.3 is 20.1 Å². The number of ether oxygens (including phenoxy) is 2. The molecular weight excluding hydrogens is 434 g/mol. The lowest BCUT2D eigenvalue weighted by atomic mass is 9.96. The minimum atomic E-state index is -0.935. The normalized spacial score (nSPS) is 20.2. The molecule has 4 rings (SSSR count). The van der Waals surface area contributed by atoms with Crippen molar-refractivity contribution in [2.45, 2.75) is 32.2 Å². The number of carbonyl (C=O) groups excluding carboxylic acids is 3. The lowest BCUT2D eigenvalue weighted by Crippen LogP contribution is -2.46. The average molecular weight is 458 g/mol. The molecule has 2 N–H and O–H groups in total. The quantitative estimate of drug-likeness (QED) is 0.579. The molecule has 0 bridgehead atoms. The van der Waals surface area contributed by atoms with Gasteiger partial charge >= 0.3 is 6.03 Å². The van der Waals surface area contributed by atoms with Crippen molar-refractivity contribution in [3.63, 3.8) is 0 Å². The summed E-state index contributed by atoms with van der Waals surface area (Å²) in [6.07, 6.45) is 1.77. The third kappa shape index (κ3) is 4.50. The number of halogens is 1. The topological polar surface area (TPSA) is 97.0 Å². The molecule has 2 aromatic rings. The summed E-state index contributed by atoms with van der Waals surface area (Å²) in [6.45, 7) is 3.77. The molecule has 32 heavy (non-hydrogen) atoms. The number of amides is 4. The maximum Gasteiger partial charge on any atom is 0.325 e. The maximum atomic E-state index is 12.7. The molecule has 1 saturated heterocycles. The van der Waals surface area contributed by atoms with E-state index >= 15 is 0 Å². The third-order valence-electron chi connectivity index (χ3n) is 5.57. The van der Waals surface area contributed by atoms with Crippen molar-refractivity contribution in [2.75, 3.05) is 18.5 Å². The van der Waals surface area contributed by atoms with Crippen molar-refractivity contribution in [2.24, 2.45) is 5.92 Å². The Morgan fingerprint density at radius 1 is 1.19 bits per heavy atom. The second kappa shape index (κ2) is 8.70. The van der Waals surface area contributed by atoms with Gasteiger partial charge in [-0.3, -0.25) is 14.5 Å². The Labute approximate surface area is 190 Å². The van der Waals surface area contributed by atoms with Crippen molar-refractivity contribution >= 4 is 35.1 Å². The largest absolute Gasteiger partial charge is 0.494 e. The number of hydrogen-bond donors (Lipinski definition) is 2. The summed E-state index contributed by atoms with van der Waals surface area (Å²) in [4.78, 5) is 38.7. The van der Waals surface area contributed by atoms with E-state index in [-0.39, 0.29) is 11.8 Å². The number of carbonyl (C=O) groups is 3. The lowest BCUT2D eigenvalue weighted by Gasteiger charge is -2.21. The smallest absolute Gasteiger partial charge is 0.325 e. The van der Waals surface area contributed by atoms with Crippen molar-refractivity contribution in [1.82, 2.24) is 10.2 Å². The van der Waals surface area contributed by atoms with Crippen LogP contribution in [0.15, 0.2) is 42.5 Å². The first kappa shape index (κ1) is 22.0. The van der Waals surface area contributed by atoms with Crippen molar-refractivity contribution in [3.05, 3.63) is 47.5 Å². The van der Waals surface area contributed by atoms with Crippen molar-refractivity contribution in [3.8, 4) is 17.2 Å². The third-order valence-corrected chi connectivity index (χ3v) is 5.81. The Balaban J connectivity index is 1.45. The molecule has 1 aliphatic heterocycles. The standard InChI is InChI=1S/C23H24ClN3O5/c1-3-31-16-7-9-17(10-8-16)32-19-11-6-15(24)12-18(19)25-20(28)13-27-21(29)23(2,14-4-5-14)26-22(27)30/h6-12,14H,3-5,13H2,1-2H3,(H,25,28)(H,26,30). The summed E-state index contributed by atoms with van der Waals surface area (Å²) in [5.41, 5.74) is -0.608. The van der Waals surface area contributed by atoms with E-state index in [1.165, 1.54) is 0 Å². The van der Waals surface area contributed by atoms with Gasteiger partial charge in [0.15, 0.2) is 5.75 Å². The van der Waals surface area contributed by atoms with Crippen LogP contribution >= 0.6 is 11.6 Å². The van der Waals surface area contributed by atoms with E-state index in [9.17, 15) is 14.4 Å². The molecule has 0 radical (unpaired) electrons. The van der Waals surface area contributed by atoms with E-state index in [0.29, 0.717) is 28.8 Å². The Hall–Kier alpha value is -3.26. The van der Waals surface area contributed by atoms with Crippen LogP contribution in [0.1, 0.15) is 26.7 Å². The molecule has 2 aliphatic rings. The number of rotatable bonds is 8.